The molecule has 134 valence electrons. The van der Waals surface area contributed by atoms with Crippen LogP contribution in [0.25, 0.3) is 0 Å². The lowest BCUT2D eigenvalue weighted by molar-refractivity contribution is -0.129. The first-order valence-corrected chi connectivity index (χ1v) is 9.39. The van der Waals surface area contributed by atoms with Gasteiger partial charge in [-0.1, -0.05) is 17.7 Å². The first-order chi connectivity index (χ1) is 11.1. The van der Waals surface area contributed by atoms with Crippen molar-refractivity contribution in [2.75, 3.05) is 32.9 Å². The fourth-order valence-corrected chi connectivity index (χ4v) is 3.98. The summed E-state index contributed by atoms with van der Waals surface area (Å²) in [5.74, 6) is -1.53. The maximum atomic E-state index is 13.0. The first-order valence-electron chi connectivity index (χ1n) is 7.40. The summed E-state index contributed by atoms with van der Waals surface area (Å²) in [6, 6.07) is 3.80. The molecule has 1 heterocycles. The quantitative estimate of drug-likeness (QED) is 0.819. The summed E-state index contributed by atoms with van der Waals surface area (Å²) < 4.78 is 38.0. The van der Waals surface area contributed by atoms with Gasteiger partial charge in [-0.3, -0.25) is 4.79 Å². The van der Waals surface area contributed by atoms with Crippen LogP contribution >= 0.6 is 11.6 Å². The molecule has 0 aromatic heterocycles. The first kappa shape index (κ1) is 19.1. The van der Waals surface area contributed by atoms with E-state index in [2.05, 4.69) is 0 Å². The standard InChI is InChI=1S/C15H20ClFN2O4S/c1-18(2)24(22,23)9-11-7-19(8-14(11)20)15(21)5-10-3-4-12(17)6-13(10)16/h3-4,6,11,14,20H,5,7-9H2,1-2H3/t11-,14+/m0/s1. The maximum absolute atomic E-state index is 13.0. The van der Waals surface area contributed by atoms with Gasteiger partial charge in [-0.2, -0.15) is 0 Å². The van der Waals surface area contributed by atoms with E-state index in [1.807, 2.05) is 0 Å². The molecule has 1 amide bonds. The molecule has 0 aliphatic carbocycles. The van der Waals surface area contributed by atoms with Gasteiger partial charge in [0.2, 0.25) is 15.9 Å². The van der Waals surface area contributed by atoms with E-state index >= 15 is 0 Å². The third kappa shape index (κ3) is 4.44. The number of rotatable bonds is 5. The van der Waals surface area contributed by atoms with E-state index in [0.29, 0.717) is 5.56 Å². The molecule has 6 nitrogen and oxygen atoms in total. The summed E-state index contributed by atoms with van der Waals surface area (Å²) in [6.07, 6.45) is -0.925. The largest absolute Gasteiger partial charge is 0.391 e. The number of carbonyl (C=O) groups excluding carboxylic acids is 1. The smallest absolute Gasteiger partial charge is 0.227 e. The molecule has 2 rings (SSSR count). The number of sulfonamides is 1. The SMILES string of the molecule is CN(C)S(=O)(=O)C[C@@H]1CN(C(=O)Cc2ccc(F)cc2Cl)C[C@H]1O. The normalized spacial score (nSPS) is 21.5. The molecule has 1 fully saturated rings. The van der Waals surface area contributed by atoms with E-state index in [0.717, 1.165) is 10.4 Å². The van der Waals surface area contributed by atoms with Crippen LogP contribution in [0.5, 0.6) is 0 Å². The summed E-state index contributed by atoms with van der Waals surface area (Å²) in [4.78, 5) is 13.8. The number of likely N-dealkylation sites (tertiary alicyclic amines) is 1. The topological polar surface area (TPSA) is 77.9 Å². The fourth-order valence-electron chi connectivity index (χ4n) is 2.58. The number of aliphatic hydroxyl groups is 1. The zero-order valence-electron chi connectivity index (χ0n) is 13.4. The van der Waals surface area contributed by atoms with Crippen molar-refractivity contribution in [2.24, 2.45) is 5.92 Å². The molecule has 1 aromatic rings. The minimum Gasteiger partial charge on any atom is -0.391 e. The molecule has 0 bridgehead atoms. The maximum Gasteiger partial charge on any atom is 0.227 e. The van der Waals surface area contributed by atoms with Gasteiger partial charge in [0.1, 0.15) is 5.82 Å². The second kappa shape index (κ2) is 7.35. The van der Waals surface area contributed by atoms with Crippen LogP contribution in [0.4, 0.5) is 4.39 Å². The van der Waals surface area contributed by atoms with Gasteiger partial charge in [-0.15, -0.1) is 0 Å². The zero-order chi connectivity index (χ0) is 18.1. The Hall–Kier alpha value is -1.22. The molecule has 1 aliphatic rings. The average molecular weight is 379 g/mol. The van der Waals surface area contributed by atoms with Gasteiger partial charge < -0.3 is 10.0 Å². The van der Waals surface area contributed by atoms with Crippen LogP contribution in [0.3, 0.4) is 0 Å². The number of halogens is 2. The molecule has 0 spiro atoms. The van der Waals surface area contributed by atoms with Crippen molar-refractivity contribution < 1.29 is 22.7 Å². The lowest BCUT2D eigenvalue weighted by atomic mass is 10.1. The van der Waals surface area contributed by atoms with Crippen molar-refractivity contribution in [1.29, 1.82) is 0 Å². The number of amides is 1. The highest BCUT2D eigenvalue weighted by Crippen LogP contribution is 2.23. The van der Waals surface area contributed by atoms with Gasteiger partial charge in [0, 0.05) is 38.1 Å². The Labute approximate surface area is 145 Å². The van der Waals surface area contributed by atoms with E-state index in [4.69, 9.17) is 11.6 Å². The van der Waals surface area contributed by atoms with Gasteiger partial charge in [-0.05, 0) is 17.7 Å². The minimum absolute atomic E-state index is 0.0288. The number of aliphatic hydroxyl groups excluding tert-OH is 1. The predicted molar refractivity (Wildman–Crippen MR) is 88.7 cm³/mol. The van der Waals surface area contributed by atoms with Crippen molar-refractivity contribution in [3.05, 3.63) is 34.6 Å². The second-order valence-electron chi connectivity index (χ2n) is 6.10. The van der Waals surface area contributed by atoms with Crippen LogP contribution < -0.4 is 0 Å². The molecular formula is C15H20ClFN2O4S. The monoisotopic (exact) mass is 378 g/mol. The Balaban J connectivity index is 2.02. The van der Waals surface area contributed by atoms with E-state index in [1.54, 1.807) is 0 Å². The van der Waals surface area contributed by atoms with E-state index in [1.165, 1.54) is 31.1 Å². The van der Waals surface area contributed by atoms with Gasteiger partial charge in [0.15, 0.2) is 0 Å². The molecule has 1 aliphatic heterocycles. The van der Waals surface area contributed by atoms with Crippen molar-refractivity contribution >= 4 is 27.5 Å². The van der Waals surface area contributed by atoms with Crippen LogP contribution in [0.2, 0.25) is 5.02 Å². The molecule has 9 heteroatoms. The summed E-state index contributed by atoms with van der Waals surface area (Å²) in [5.41, 5.74) is 0.488. The zero-order valence-corrected chi connectivity index (χ0v) is 15.0. The van der Waals surface area contributed by atoms with Gasteiger partial charge in [-0.25, -0.2) is 17.1 Å². The van der Waals surface area contributed by atoms with Crippen LogP contribution in [0.1, 0.15) is 5.56 Å². The lowest BCUT2D eigenvalue weighted by Crippen LogP contribution is -2.34. The average Bonchev–Trinajstić information content (AvgIpc) is 2.82. The number of hydrogen-bond donors (Lipinski definition) is 1. The Bertz CT molecular complexity index is 726. The molecule has 2 atom stereocenters. The van der Waals surface area contributed by atoms with Crippen LogP contribution in [0.15, 0.2) is 18.2 Å². The summed E-state index contributed by atoms with van der Waals surface area (Å²) in [7, 11) is -0.608. The fraction of sp³-hybridized carbons (Fsp3) is 0.533. The van der Waals surface area contributed by atoms with E-state index in [9.17, 15) is 22.7 Å². The Morgan fingerprint density at radius 2 is 2.08 bits per heavy atom. The molecule has 24 heavy (non-hydrogen) atoms. The summed E-state index contributed by atoms with van der Waals surface area (Å²) in [5, 5.41) is 10.2. The highest BCUT2D eigenvalue weighted by Gasteiger charge is 2.37. The molecule has 0 radical (unpaired) electrons. The van der Waals surface area contributed by atoms with Crippen molar-refractivity contribution in [3.63, 3.8) is 0 Å². The number of carbonyl (C=O) groups is 1. The van der Waals surface area contributed by atoms with E-state index in [-0.39, 0.29) is 36.2 Å². The van der Waals surface area contributed by atoms with E-state index < -0.39 is 27.9 Å². The molecule has 1 saturated heterocycles. The molecule has 0 unspecified atom stereocenters. The minimum atomic E-state index is -3.46. The van der Waals surface area contributed by atoms with Crippen molar-refractivity contribution in [2.45, 2.75) is 12.5 Å². The summed E-state index contributed by atoms with van der Waals surface area (Å²) in [6.45, 7) is 0.233. The van der Waals surface area contributed by atoms with Crippen LogP contribution in [0, 0.1) is 11.7 Å². The number of benzene rings is 1. The Morgan fingerprint density at radius 3 is 2.67 bits per heavy atom. The number of hydrogen-bond acceptors (Lipinski definition) is 4. The van der Waals surface area contributed by atoms with Gasteiger partial charge in [0.25, 0.3) is 0 Å². The molecular weight excluding hydrogens is 359 g/mol. The highest BCUT2D eigenvalue weighted by molar-refractivity contribution is 7.89. The third-order valence-electron chi connectivity index (χ3n) is 4.10. The lowest BCUT2D eigenvalue weighted by Gasteiger charge is -2.18. The van der Waals surface area contributed by atoms with Gasteiger partial charge in [0.05, 0.1) is 18.3 Å². The third-order valence-corrected chi connectivity index (χ3v) is 6.41. The predicted octanol–water partition coefficient (Wildman–Crippen LogP) is 0.732. The highest BCUT2D eigenvalue weighted by atomic mass is 35.5. The summed E-state index contributed by atoms with van der Waals surface area (Å²) >= 11 is 5.91. The van der Waals surface area contributed by atoms with Crippen LogP contribution in [-0.2, 0) is 21.2 Å². The number of β-amino-alcohol motifs (C(OH)–C–C–N with tert-alkyl or cyclic N) is 1. The van der Waals surface area contributed by atoms with Crippen molar-refractivity contribution in [1.82, 2.24) is 9.21 Å². The Morgan fingerprint density at radius 1 is 1.42 bits per heavy atom. The van der Waals surface area contributed by atoms with Crippen LogP contribution in [-0.4, -0.2) is 67.7 Å². The molecule has 1 aromatic carbocycles. The molecule has 0 saturated carbocycles. The Kier molecular flexibility index (Phi) is 5.85. The van der Waals surface area contributed by atoms with Gasteiger partial charge >= 0.3 is 0 Å². The number of nitrogens with zero attached hydrogens (tertiary/aromatic N) is 2. The molecule has 1 N–H and O–H groups in total. The van der Waals surface area contributed by atoms with Crippen molar-refractivity contribution in [3.8, 4) is 0 Å². The second-order valence-corrected chi connectivity index (χ2v) is 8.73.